The van der Waals surface area contributed by atoms with Gasteiger partial charge >= 0.3 is 6.03 Å². The van der Waals surface area contributed by atoms with Crippen LogP contribution in [-0.2, 0) is 6.54 Å². The number of hydrogen-bond acceptors (Lipinski definition) is 5. The molecular weight excluding hydrogens is 478 g/mol. The zero-order valence-corrected chi connectivity index (χ0v) is 21.3. The second-order valence-electron chi connectivity index (χ2n) is 9.23. The molecule has 2 aromatic carbocycles. The molecule has 1 fully saturated rings. The summed E-state index contributed by atoms with van der Waals surface area (Å²) in [4.78, 5) is 21.0. The molecule has 0 spiro atoms. The van der Waals surface area contributed by atoms with Crippen LogP contribution in [-0.4, -0.2) is 23.1 Å². The lowest BCUT2D eigenvalue weighted by molar-refractivity contribution is 0.240. The Hall–Kier alpha value is -4.15. The summed E-state index contributed by atoms with van der Waals surface area (Å²) in [6.07, 6.45) is 5.23. The normalized spacial score (nSPS) is 16.9. The lowest BCUT2D eigenvalue weighted by Crippen LogP contribution is -2.48. The minimum absolute atomic E-state index is 0.0714. The molecule has 0 unspecified atom stereocenters. The van der Waals surface area contributed by atoms with Gasteiger partial charge in [-0.2, -0.15) is 5.26 Å². The molecule has 0 atom stereocenters. The molecule has 0 bridgehead atoms. The van der Waals surface area contributed by atoms with Gasteiger partial charge in [-0.1, -0.05) is 48.5 Å². The van der Waals surface area contributed by atoms with E-state index in [9.17, 15) is 4.79 Å². The fourth-order valence-corrected chi connectivity index (χ4v) is 5.55. The van der Waals surface area contributed by atoms with Crippen LogP contribution in [0.25, 0.3) is 10.4 Å². The average Bonchev–Trinajstić information content (AvgIpc) is 3.50. The molecule has 2 aromatic heterocycles. The summed E-state index contributed by atoms with van der Waals surface area (Å²) in [5.74, 6) is 0.782. The SMILES string of the molecule is N#Cc1ccc(N[C@H]2CC[C@H](N(C(=O)NCc3ccccc3)c3ccc(-c4cccs4)cc3)CC2)nc1. The fourth-order valence-electron chi connectivity index (χ4n) is 4.81. The highest BCUT2D eigenvalue weighted by molar-refractivity contribution is 7.13. The van der Waals surface area contributed by atoms with E-state index in [1.807, 2.05) is 41.3 Å². The summed E-state index contributed by atoms with van der Waals surface area (Å²) in [7, 11) is 0. The molecule has 0 radical (unpaired) electrons. The second-order valence-corrected chi connectivity index (χ2v) is 10.2. The van der Waals surface area contributed by atoms with E-state index in [2.05, 4.69) is 63.5 Å². The molecule has 2 heterocycles. The van der Waals surface area contributed by atoms with Gasteiger partial charge in [-0.15, -0.1) is 11.3 Å². The zero-order valence-electron chi connectivity index (χ0n) is 20.5. The third-order valence-electron chi connectivity index (χ3n) is 6.76. The van der Waals surface area contributed by atoms with Gasteiger partial charge in [0.1, 0.15) is 11.9 Å². The van der Waals surface area contributed by atoms with Crippen LogP contribution in [0.5, 0.6) is 0 Å². The summed E-state index contributed by atoms with van der Waals surface area (Å²) in [5, 5.41) is 17.7. The third-order valence-corrected chi connectivity index (χ3v) is 7.68. The van der Waals surface area contributed by atoms with Crippen molar-refractivity contribution in [3.05, 3.63) is 102 Å². The molecule has 5 rings (SSSR count). The van der Waals surface area contributed by atoms with Gasteiger partial charge in [0, 0.05) is 35.4 Å². The lowest BCUT2D eigenvalue weighted by atomic mass is 9.89. The predicted octanol–water partition coefficient (Wildman–Crippen LogP) is 6.82. The predicted molar refractivity (Wildman–Crippen MR) is 150 cm³/mol. The first kappa shape index (κ1) is 24.5. The molecule has 1 saturated carbocycles. The van der Waals surface area contributed by atoms with Crippen LogP contribution in [0, 0.1) is 11.3 Å². The van der Waals surface area contributed by atoms with Crippen molar-refractivity contribution >= 4 is 28.9 Å². The summed E-state index contributed by atoms with van der Waals surface area (Å²) in [5.41, 5.74) is 3.70. The first-order chi connectivity index (χ1) is 18.2. The number of pyridine rings is 1. The van der Waals surface area contributed by atoms with Crippen molar-refractivity contribution in [1.29, 1.82) is 5.26 Å². The van der Waals surface area contributed by atoms with Crippen molar-refractivity contribution in [2.75, 3.05) is 10.2 Å². The summed E-state index contributed by atoms with van der Waals surface area (Å²) in [6, 6.07) is 28.5. The van der Waals surface area contributed by atoms with Gasteiger partial charge in [0.2, 0.25) is 0 Å². The second kappa shape index (κ2) is 11.7. The largest absolute Gasteiger partial charge is 0.367 e. The number of benzene rings is 2. The fraction of sp³-hybridized carbons (Fsp3) is 0.233. The van der Waals surface area contributed by atoms with Crippen molar-refractivity contribution in [2.24, 2.45) is 0 Å². The Labute approximate surface area is 221 Å². The maximum atomic E-state index is 13.5. The van der Waals surface area contributed by atoms with E-state index < -0.39 is 0 Å². The maximum Gasteiger partial charge on any atom is 0.322 e. The van der Waals surface area contributed by atoms with Crippen LogP contribution < -0.4 is 15.5 Å². The van der Waals surface area contributed by atoms with Crippen LogP contribution in [0.2, 0.25) is 0 Å². The Morgan fingerprint density at radius 3 is 2.41 bits per heavy atom. The Morgan fingerprint density at radius 1 is 0.973 bits per heavy atom. The highest BCUT2D eigenvalue weighted by Crippen LogP contribution is 2.32. The molecule has 0 aliphatic heterocycles. The van der Waals surface area contributed by atoms with Gasteiger partial charge in [0.15, 0.2) is 0 Å². The number of nitrogens with one attached hydrogen (secondary N) is 2. The summed E-state index contributed by atoms with van der Waals surface area (Å²) >= 11 is 1.71. The van der Waals surface area contributed by atoms with Crippen molar-refractivity contribution < 1.29 is 4.79 Å². The minimum Gasteiger partial charge on any atom is -0.367 e. The smallest absolute Gasteiger partial charge is 0.322 e. The van der Waals surface area contributed by atoms with Gasteiger partial charge < -0.3 is 10.6 Å². The van der Waals surface area contributed by atoms with E-state index in [0.717, 1.165) is 48.3 Å². The molecule has 0 saturated heterocycles. The number of rotatable bonds is 7. The average molecular weight is 508 g/mol. The Balaban J connectivity index is 1.28. The number of amides is 2. The Bertz CT molecular complexity index is 1320. The maximum absolute atomic E-state index is 13.5. The van der Waals surface area contributed by atoms with Crippen molar-refractivity contribution in [2.45, 2.75) is 44.3 Å². The van der Waals surface area contributed by atoms with E-state index in [1.165, 1.54) is 4.88 Å². The highest BCUT2D eigenvalue weighted by Gasteiger charge is 2.30. The van der Waals surface area contributed by atoms with E-state index in [4.69, 9.17) is 5.26 Å². The molecule has 37 heavy (non-hydrogen) atoms. The molecule has 7 heteroatoms. The van der Waals surface area contributed by atoms with Crippen molar-refractivity contribution in [3.8, 4) is 16.5 Å². The van der Waals surface area contributed by atoms with Gasteiger partial charge in [-0.25, -0.2) is 9.78 Å². The molecular formula is C30H29N5OS. The first-order valence-electron chi connectivity index (χ1n) is 12.6. The number of urea groups is 1. The summed E-state index contributed by atoms with van der Waals surface area (Å²) < 4.78 is 0. The lowest BCUT2D eigenvalue weighted by Gasteiger charge is -2.37. The van der Waals surface area contributed by atoms with E-state index >= 15 is 0 Å². The number of carbonyl (C=O) groups is 1. The number of nitriles is 1. The molecule has 1 aliphatic carbocycles. The first-order valence-corrected chi connectivity index (χ1v) is 13.4. The standard InChI is InChI=1S/C30H29N5OS/c31-19-23-8-17-29(32-21-23)34-25-11-15-27(16-12-25)35(30(36)33-20-22-5-2-1-3-6-22)26-13-9-24(10-14-26)28-7-4-18-37-28/h1-10,13-14,17-18,21,25,27H,11-12,15-16,20H2,(H,32,34)(H,33,36)/t25-,27-. The van der Waals surface area contributed by atoms with E-state index in [-0.39, 0.29) is 18.1 Å². The van der Waals surface area contributed by atoms with Gasteiger partial charge in [-0.3, -0.25) is 4.90 Å². The summed E-state index contributed by atoms with van der Waals surface area (Å²) in [6.45, 7) is 0.491. The number of nitrogens with zero attached hydrogens (tertiary/aromatic N) is 3. The quantitative estimate of drug-likeness (QED) is 0.288. The molecule has 1 aliphatic rings. The van der Waals surface area contributed by atoms with E-state index in [1.54, 1.807) is 23.6 Å². The Morgan fingerprint density at radius 2 is 1.76 bits per heavy atom. The molecule has 2 N–H and O–H groups in total. The minimum atomic E-state index is -0.0714. The van der Waals surface area contributed by atoms with Crippen LogP contribution in [0.3, 0.4) is 0 Å². The zero-order chi connectivity index (χ0) is 25.5. The molecule has 2 amide bonds. The van der Waals surface area contributed by atoms with Crippen LogP contribution in [0.4, 0.5) is 16.3 Å². The topological polar surface area (TPSA) is 81.0 Å². The molecule has 6 nitrogen and oxygen atoms in total. The van der Waals surface area contributed by atoms with Crippen molar-refractivity contribution in [1.82, 2.24) is 10.3 Å². The van der Waals surface area contributed by atoms with Crippen LogP contribution in [0.1, 0.15) is 36.8 Å². The number of aromatic nitrogens is 1. The van der Waals surface area contributed by atoms with Crippen molar-refractivity contribution in [3.63, 3.8) is 0 Å². The monoisotopic (exact) mass is 507 g/mol. The van der Waals surface area contributed by atoms with Gasteiger partial charge in [0.05, 0.1) is 5.56 Å². The third kappa shape index (κ3) is 6.16. The van der Waals surface area contributed by atoms with Crippen LogP contribution >= 0.6 is 11.3 Å². The highest BCUT2D eigenvalue weighted by atomic mass is 32.1. The number of hydrogen-bond donors (Lipinski definition) is 2. The van der Waals surface area contributed by atoms with Gasteiger partial charge in [0.25, 0.3) is 0 Å². The molecule has 186 valence electrons. The number of anilines is 2. The van der Waals surface area contributed by atoms with Gasteiger partial charge in [-0.05, 0) is 72.5 Å². The Kier molecular flexibility index (Phi) is 7.78. The number of carbonyl (C=O) groups excluding carboxylic acids is 1. The van der Waals surface area contributed by atoms with E-state index in [0.29, 0.717) is 12.1 Å². The molecule has 4 aromatic rings. The number of thiophene rings is 1. The van der Waals surface area contributed by atoms with Crippen LogP contribution in [0.15, 0.2) is 90.4 Å².